The smallest absolute Gasteiger partial charge is 0.0462 e. The molecule has 0 radical (unpaired) electrons. The summed E-state index contributed by atoms with van der Waals surface area (Å²) in [5, 5.41) is 0. The Kier molecular flexibility index (Phi) is 6.33. The summed E-state index contributed by atoms with van der Waals surface area (Å²) in [6.45, 7) is 6.57. The van der Waals surface area contributed by atoms with Crippen molar-refractivity contribution in [3.63, 3.8) is 0 Å². The second-order valence-electron chi connectivity index (χ2n) is 8.25. The Morgan fingerprint density at radius 2 is 1.00 bits per heavy atom. The van der Waals surface area contributed by atoms with Gasteiger partial charge in [0.15, 0.2) is 0 Å². The Morgan fingerprint density at radius 3 is 1.52 bits per heavy atom. The van der Waals surface area contributed by atoms with Crippen molar-refractivity contribution < 1.29 is 0 Å². The zero-order chi connectivity index (χ0) is 21.6. The van der Waals surface area contributed by atoms with Crippen LogP contribution < -0.4 is 4.90 Å². The standard InChI is InChI=1S/C30H29N/c1-23(2)27-17-21-30(22-18-27)31(28-7-5-4-6-8-28)29-19-15-26(16-20-29)14-13-25-11-9-24(3)10-12-25/h4-23H,1-3H3/b14-13-. The topological polar surface area (TPSA) is 3.24 Å². The van der Waals surface area contributed by atoms with E-state index in [-0.39, 0.29) is 0 Å². The van der Waals surface area contributed by atoms with Gasteiger partial charge in [0.05, 0.1) is 0 Å². The van der Waals surface area contributed by atoms with Gasteiger partial charge in [-0.3, -0.25) is 0 Å². The Balaban J connectivity index is 1.63. The Labute approximate surface area is 186 Å². The zero-order valence-electron chi connectivity index (χ0n) is 18.5. The molecule has 4 aromatic rings. The van der Waals surface area contributed by atoms with Crippen molar-refractivity contribution in [1.29, 1.82) is 0 Å². The molecule has 1 heteroatoms. The number of anilines is 3. The highest BCUT2D eigenvalue weighted by atomic mass is 15.1. The summed E-state index contributed by atoms with van der Waals surface area (Å²) < 4.78 is 0. The van der Waals surface area contributed by atoms with E-state index < -0.39 is 0 Å². The Morgan fingerprint density at radius 1 is 0.548 bits per heavy atom. The fourth-order valence-corrected chi connectivity index (χ4v) is 3.64. The lowest BCUT2D eigenvalue weighted by atomic mass is 10.0. The van der Waals surface area contributed by atoms with E-state index in [0.717, 1.165) is 11.4 Å². The molecular formula is C30H29N. The normalized spacial score (nSPS) is 11.2. The number of hydrogen-bond acceptors (Lipinski definition) is 1. The van der Waals surface area contributed by atoms with E-state index in [1.807, 2.05) is 0 Å². The summed E-state index contributed by atoms with van der Waals surface area (Å²) in [5.74, 6) is 0.527. The number of hydrogen-bond donors (Lipinski definition) is 0. The predicted molar refractivity (Wildman–Crippen MR) is 135 cm³/mol. The van der Waals surface area contributed by atoms with Crippen molar-refractivity contribution >= 4 is 29.2 Å². The molecule has 0 aliphatic rings. The fourth-order valence-electron chi connectivity index (χ4n) is 3.64. The highest BCUT2D eigenvalue weighted by Crippen LogP contribution is 2.35. The molecule has 0 aliphatic carbocycles. The first-order valence-corrected chi connectivity index (χ1v) is 10.9. The van der Waals surface area contributed by atoms with E-state index in [2.05, 4.69) is 141 Å². The lowest BCUT2D eigenvalue weighted by molar-refractivity contribution is 0.866. The highest BCUT2D eigenvalue weighted by molar-refractivity contribution is 5.78. The van der Waals surface area contributed by atoms with Gasteiger partial charge < -0.3 is 4.90 Å². The van der Waals surface area contributed by atoms with Crippen molar-refractivity contribution in [3.05, 3.63) is 125 Å². The van der Waals surface area contributed by atoms with Crippen LogP contribution in [-0.4, -0.2) is 0 Å². The van der Waals surface area contributed by atoms with Gasteiger partial charge in [-0.25, -0.2) is 0 Å². The van der Waals surface area contributed by atoms with Gasteiger partial charge in [-0.15, -0.1) is 0 Å². The number of rotatable bonds is 6. The maximum Gasteiger partial charge on any atom is 0.0462 e. The number of benzene rings is 4. The molecule has 0 fully saturated rings. The van der Waals surface area contributed by atoms with Gasteiger partial charge >= 0.3 is 0 Å². The average molecular weight is 404 g/mol. The first kappa shape index (κ1) is 20.7. The van der Waals surface area contributed by atoms with Crippen LogP contribution in [0.5, 0.6) is 0 Å². The van der Waals surface area contributed by atoms with Gasteiger partial charge in [0, 0.05) is 17.1 Å². The van der Waals surface area contributed by atoms with Crippen molar-refractivity contribution in [2.45, 2.75) is 26.7 Å². The van der Waals surface area contributed by atoms with Crippen LogP contribution in [0, 0.1) is 6.92 Å². The molecule has 0 saturated carbocycles. The summed E-state index contributed by atoms with van der Waals surface area (Å²) in [6, 6.07) is 36.8. The van der Waals surface area contributed by atoms with Gasteiger partial charge in [-0.1, -0.05) is 98.3 Å². The van der Waals surface area contributed by atoms with Crippen molar-refractivity contribution in [2.24, 2.45) is 0 Å². The van der Waals surface area contributed by atoms with Crippen molar-refractivity contribution in [2.75, 3.05) is 4.90 Å². The largest absolute Gasteiger partial charge is 0.311 e. The molecule has 31 heavy (non-hydrogen) atoms. The fraction of sp³-hybridized carbons (Fsp3) is 0.133. The minimum absolute atomic E-state index is 0.527. The maximum atomic E-state index is 2.30. The third-order valence-corrected chi connectivity index (χ3v) is 5.53. The van der Waals surface area contributed by atoms with E-state index in [0.29, 0.717) is 5.92 Å². The third-order valence-electron chi connectivity index (χ3n) is 5.53. The number of aryl methyl sites for hydroxylation is 1. The van der Waals surface area contributed by atoms with Crippen molar-refractivity contribution in [1.82, 2.24) is 0 Å². The minimum atomic E-state index is 0.527. The van der Waals surface area contributed by atoms with Crippen LogP contribution >= 0.6 is 0 Å². The molecule has 0 unspecified atom stereocenters. The molecule has 154 valence electrons. The monoisotopic (exact) mass is 403 g/mol. The average Bonchev–Trinajstić information content (AvgIpc) is 2.81. The third kappa shape index (κ3) is 5.13. The number of para-hydroxylation sites is 1. The molecule has 1 nitrogen and oxygen atoms in total. The van der Waals surface area contributed by atoms with Crippen LogP contribution in [0.15, 0.2) is 103 Å². The first-order valence-electron chi connectivity index (χ1n) is 10.9. The molecule has 4 rings (SSSR count). The Hall–Kier alpha value is -3.58. The second kappa shape index (κ2) is 9.49. The molecular weight excluding hydrogens is 374 g/mol. The minimum Gasteiger partial charge on any atom is -0.311 e. The zero-order valence-corrected chi connectivity index (χ0v) is 18.5. The summed E-state index contributed by atoms with van der Waals surface area (Å²) in [7, 11) is 0. The summed E-state index contributed by atoms with van der Waals surface area (Å²) in [4.78, 5) is 2.30. The van der Waals surface area contributed by atoms with Crippen LogP contribution in [0.1, 0.15) is 42.0 Å². The highest BCUT2D eigenvalue weighted by Gasteiger charge is 2.12. The number of nitrogens with zero attached hydrogens (tertiary/aromatic N) is 1. The van der Waals surface area contributed by atoms with E-state index in [1.165, 1.54) is 27.9 Å². The Bertz CT molecular complexity index is 1120. The van der Waals surface area contributed by atoms with Crippen LogP contribution in [0.4, 0.5) is 17.1 Å². The lowest BCUT2D eigenvalue weighted by Crippen LogP contribution is -2.09. The van der Waals surface area contributed by atoms with Crippen LogP contribution in [0.25, 0.3) is 12.2 Å². The molecule has 0 heterocycles. The van der Waals surface area contributed by atoms with Gasteiger partial charge in [0.1, 0.15) is 0 Å². The molecule has 0 spiro atoms. The van der Waals surface area contributed by atoms with Crippen molar-refractivity contribution in [3.8, 4) is 0 Å². The van der Waals surface area contributed by atoms with Crippen LogP contribution in [0.2, 0.25) is 0 Å². The maximum absolute atomic E-state index is 2.30. The molecule has 0 atom stereocenters. The first-order chi connectivity index (χ1) is 15.1. The summed E-state index contributed by atoms with van der Waals surface area (Å²) in [6.07, 6.45) is 4.33. The summed E-state index contributed by atoms with van der Waals surface area (Å²) in [5.41, 5.74) is 8.51. The molecule has 0 saturated heterocycles. The molecule has 0 amide bonds. The van der Waals surface area contributed by atoms with Crippen LogP contribution in [0.3, 0.4) is 0 Å². The molecule has 4 aromatic carbocycles. The second-order valence-corrected chi connectivity index (χ2v) is 8.25. The molecule has 0 aliphatic heterocycles. The lowest BCUT2D eigenvalue weighted by Gasteiger charge is -2.26. The SMILES string of the molecule is Cc1ccc(/C=C\c2ccc(N(c3ccccc3)c3ccc(C(C)C)cc3)cc2)cc1. The molecule has 0 N–H and O–H groups in total. The van der Waals surface area contributed by atoms with E-state index in [1.54, 1.807) is 0 Å². The van der Waals surface area contributed by atoms with Gasteiger partial charge in [-0.2, -0.15) is 0 Å². The summed E-state index contributed by atoms with van der Waals surface area (Å²) >= 11 is 0. The van der Waals surface area contributed by atoms with Gasteiger partial charge in [0.2, 0.25) is 0 Å². The van der Waals surface area contributed by atoms with E-state index in [4.69, 9.17) is 0 Å². The molecule has 0 bridgehead atoms. The van der Waals surface area contributed by atoms with E-state index in [9.17, 15) is 0 Å². The predicted octanol–water partition coefficient (Wildman–Crippen LogP) is 8.76. The molecule has 0 aromatic heterocycles. The van der Waals surface area contributed by atoms with Gasteiger partial charge in [-0.05, 0) is 65.9 Å². The quantitative estimate of drug-likeness (QED) is 0.291. The van der Waals surface area contributed by atoms with Crippen LogP contribution in [-0.2, 0) is 0 Å². The van der Waals surface area contributed by atoms with E-state index >= 15 is 0 Å². The van der Waals surface area contributed by atoms with Gasteiger partial charge in [0.25, 0.3) is 0 Å².